The van der Waals surface area contributed by atoms with Crippen LogP contribution >= 0.6 is 11.6 Å². The third-order valence-electron chi connectivity index (χ3n) is 6.89. The summed E-state index contributed by atoms with van der Waals surface area (Å²) in [4.78, 5) is 16.3. The number of hydrogen-bond acceptors (Lipinski definition) is 5. The third kappa shape index (κ3) is 6.21. The molecule has 0 saturated heterocycles. The summed E-state index contributed by atoms with van der Waals surface area (Å²) in [6.07, 6.45) is 4.98. The largest absolute Gasteiger partial charge is 0.497 e. The molecular weight excluding hydrogens is 521 g/mol. The van der Waals surface area contributed by atoms with Crippen LogP contribution in [0.2, 0.25) is 5.02 Å². The number of halogens is 2. The number of aromatic nitrogens is 1. The van der Waals surface area contributed by atoms with Gasteiger partial charge in [0.25, 0.3) is 0 Å². The van der Waals surface area contributed by atoms with E-state index < -0.39 is 18.1 Å². The zero-order valence-electron chi connectivity index (χ0n) is 21.4. The van der Waals surface area contributed by atoms with Crippen LogP contribution in [0.15, 0.2) is 66.7 Å². The molecule has 1 fully saturated rings. The summed E-state index contributed by atoms with van der Waals surface area (Å²) in [6.45, 7) is 0. The van der Waals surface area contributed by atoms with Crippen molar-refractivity contribution in [2.75, 3.05) is 14.2 Å². The van der Waals surface area contributed by atoms with Gasteiger partial charge in [-0.05, 0) is 71.9 Å². The van der Waals surface area contributed by atoms with Crippen LogP contribution in [-0.2, 0) is 4.74 Å². The summed E-state index contributed by atoms with van der Waals surface area (Å²) in [7, 11) is 3.04. The molecule has 2 unspecified atom stereocenters. The van der Waals surface area contributed by atoms with Crippen molar-refractivity contribution >= 4 is 40.6 Å². The average molecular weight is 548 g/mol. The van der Waals surface area contributed by atoms with Gasteiger partial charge in [0.2, 0.25) is 0 Å². The molecule has 3 aromatic carbocycles. The van der Waals surface area contributed by atoms with Crippen molar-refractivity contribution in [1.29, 1.82) is 0 Å². The number of methoxy groups -OCH3 is 2. The van der Waals surface area contributed by atoms with E-state index in [1.807, 2.05) is 36.4 Å². The first-order chi connectivity index (χ1) is 18.8. The minimum Gasteiger partial charge on any atom is -0.497 e. The Bertz CT molecular complexity index is 1560. The molecule has 1 aliphatic carbocycles. The van der Waals surface area contributed by atoms with E-state index in [-0.39, 0.29) is 16.3 Å². The van der Waals surface area contributed by atoms with Crippen molar-refractivity contribution in [3.05, 3.63) is 100.0 Å². The summed E-state index contributed by atoms with van der Waals surface area (Å²) in [5, 5.41) is 10.3. The van der Waals surface area contributed by atoms with Crippen molar-refractivity contribution in [3.8, 4) is 11.5 Å². The monoisotopic (exact) mass is 547 g/mol. The molecule has 4 aromatic rings. The maximum absolute atomic E-state index is 13.7. The molecule has 1 saturated carbocycles. The van der Waals surface area contributed by atoms with Crippen LogP contribution in [0.4, 0.5) is 4.39 Å². The number of carboxylic acids is 1. The molecule has 6 nitrogen and oxygen atoms in total. The highest BCUT2D eigenvalue weighted by molar-refractivity contribution is 6.31. The smallest absolute Gasteiger partial charge is 0.339 e. The summed E-state index contributed by atoms with van der Waals surface area (Å²) in [5.74, 6) is -0.142. The first-order valence-electron chi connectivity index (χ1n) is 12.5. The topological polar surface area (TPSA) is 77.9 Å². The van der Waals surface area contributed by atoms with Gasteiger partial charge in [-0.3, -0.25) is 0 Å². The van der Waals surface area contributed by atoms with E-state index >= 15 is 0 Å². The predicted octanol–water partition coefficient (Wildman–Crippen LogP) is 7.45. The number of nitrogens with zero attached hydrogens (tertiary/aromatic N) is 1. The summed E-state index contributed by atoms with van der Waals surface area (Å²) >= 11 is 5.91. The number of ether oxygens (including phenoxy) is 3. The third-order valence-corrected chi connectivity index (χ3v) is 7.18. The van der Waals surface area contributed by atoms with Gasteiger partial charge in [0, 0.05) is 18.9 Å². The molecule has 1 heterocycles. The van der Waals surface area contributed by atoms with E-state index in [2.05, 4.69) is 17.1 Å². The summed E-state index contributed by atoms with van der Waals surface area (Å²) in [6, 6.07) is 19.6. The lowest BCUT2D eigenvalue weighted by Gasteiger charge is -2.19. The van der Waals surface area contributed by atoms with Gasteiger partial charge in [-0.1, -0.05) is 48.0 Å². The van der Waals surface area contributed by atoms with E-state index in [4.69, 9.17) is 25.8 Å². The molecule has 200 valence electrons. The molecule has 1 N–H and O–H groups in total. The normalized spacial score (nSPS) is 17.3. The van der Waals surface area contributed by atoms with Crippen LogP contribution in [0.3, 0.4) is 0 Å². The minimum atomic E-state index is -1.09. The molecule has 8 heteroatoms. The molecule has 1 aliphatic rings. The zero-order valence-corrected chi connectivity index (χ0v) is 22.2. The Labute approximate surface area is 230 Å². The van der Waals surface area contributed by atoms with Gasteiger partial charge in [-0.2, -0.15) is 0 Å². The second-order valence-electron chi connectivity index (χ2n) is 9.49. The highest BCUT2D eigenvalue weighted by Gasteiger charge is 2.40. The highest BCUT2D eigenvalue weighted by Crippen LogP contribution is 2.50. The van der Waals surface area contributed by atoms with Crippen LogP contribution < -0.4 is 9.47 Å². The fraction of sp³-hybridized carbons (Fsp3) is 0.226. The Hall–Kier alpha value is -3.94. The number of aromatic carboxylic acids is 1. The van der Waals surface area contributed by atoms with E-state index in [0.717, 1.165) is 17.7 Å². The molecule has 0 aliphatic heterocycles. The summed E-state index contributed by atoms with van der Waals surface area (Å²) in [5.41, 5.74) is 3.68. The molecule has 5 rings (SSSR count). The van der Waals surface area contributed by atoms with Gasteiger partial charge in [-0.25, -0.2) is 14.2 Å². The van der Waals surface area contributed by atoms with Gasteiger partial charge in [0.15, 0.2) is 6.29 Å². The predicted molar refractivity (Wildman–Crippen MR) is 149 cm³/mol. The molecule has 3 atom stereocenters. The zero-order chi connectivity index (χ0) is 27.5. The Morgan fingerprint density at radius 2 is 1.97 bits per heavy atom. The standard InChI is InChI=1S/C31H27ClFNO5/c1-37-23-10-11-29(25(16-23)31(35)36)39-30(38-2)15-21-13-24(21)19-5-3-4-18(12-19)6-8-22-9-7-20-14-27(33)26(32)17-28(20)34-22/h3-12,14,16-17,21,24,30H,13,15H2,1-2H3,(H,35,36)/b8-6+/t21?,24?,30-/m0/s1. The Morgan fingerprint density at radius 3 is 2.74 bits per heavy atom. The molecule has 39 heavy (non-hydrogen) atoms. The second-order valence-corrected chi connectivity index (χ2v) is 9.89. The Balaban J connectivity index is 1.24. The SMILES string of the molecule is COc1ccc(O[C@@H](CC2CC2c2cccc(/C=C/c3ccc4cc(F)c(Cl)cc4n3)c2)OC)c(C(=O)O)c1. The van der Waals surface area contributed by atoms with E-state index in [1.165, 1.54) is 30.9 Å². The molecule has 1 aromatic heterocycles. The molecule has 0 radical (unpaired) electrons. The first kappa shape index (κ1) is 26.7. The highest BCUT2D eigenvalue weighted by atomic mass is 35.5. The van der Waals surface area contributed by atoms with Crippen molar-refractivity contribution in [3.63, 3.8) is 0 Å². The van der Waals surface area contributed by atoms with Crippen molar-refractivity contribution in [1.82, 2.24) is 4.98 Å². The molecular formula is C31H27ClFNO5. The number of hydrogen-bond donors (Lipinski definition) is 1. The van der Waals surface area contributed by atoms with Gasteiger partial charge < -0.3 is 19.3 Å². The van der Waals surface area contributed by atoms with Gasteiger partial charge in [0.05, 0.1) is 23.3 Å². The minimum absolute atomic E-state index is 0.0272. The Kier molecular flexibility index (Phi) is 7.82. The van der Waals surface area contributed by atoms with Gasteiger partial charge in [-0.15, -0.1) is 0 Å². The van der Waals surface area contributed by atoms with Gasteiger partial charge in [0.1, 0.15) is 22.9 Å². The maximum Gasteiger partial charge on any atom is 0.339 e. The van der Waals surface area contributed by atoms with Crippen molar-refractivity contribution in [2.24, 2.45) is 5.92 Å². The Morgan fingerprint density at radius 1 is 1.13 bits per heavy atom. The number of benzene rings is 3. The number of carbonyl (C=O) groups is 1. The number of carboxylic acid groups (broad SMARTS) is 1. The first-order valence-corrected chi connectivity index (χ1v) is 12.9. The number of pyridine rings is 1. The van der Waals surface area contributed by atoms with E-state index in [1.54, 1.807) is 19.2 Å². The second kappa shape index (κ2) is 11.4. The molecule has 0 bridgehead atoms. The lowest BCUT2D eigenvalue weighted by molar-refractivity contribution is -0.0622. The van der Waals surface area contributed by atoms with Crippen LogP contribution in [0, 0.1) is 11.7 Å². The lowest BCUT2D eigenvalue weighted by atomic mass is 10.0. The van der Waals surface area contributed by atoms with Crippen LogP contribution in [0.5, 0.6) is 11.5 Å². The van der Waals surface area contributed by atoms with Gasteiger partial charge >= 0.3 is 5.97 Å². The quantitative estimate of drug-likeness (QED) is 0.208. The number of rotatable bonds is 10. The van der Waals surface area contributed by atoms with E-state index in [0.29, 0.717) is 34.9 Å². The van der Waals surface area contributed by atoms with Crippen molar-refractivity contribution < 1.29 is 28.5 Å². The average Bonchev–Trinajstić information content (AvgIpc) is 3.71. The molecule has 0 amide bonds. The van der Waals surface area contributed by atoms with E-state index in [9.17, 15) is 14.3 Å². The van der Waals surface area contributed by atoms with Crippen LogP contribution in [0.25, 0.3) is 23.1 Å². The lowest BCUT2D eigenvalue weighted by Crippen LogP contribution is -2.21. The fourth-order valence-corrected chi connectivity index (χ4v) is 4.86. The van der Waals surface area contributed by atoms with Crippen LogP contribution in [0.1, 0.15) is 45.9 Å². The number of fused-ring (bicyclic) bond motifs is 1. The molecule has 0 spiro atoms. The van der Waals surface area contributed by atoms with Crippen molar-refractivity contribution in [2.45, 2.75) is 25.0 Å². The maximum atomic E-state index is 13.7. The fourth-order valence-electron chi connectivity index (χ4n) is 4.70. The van der Waals surface area contributed by atoms with Crippen LogP contribution in [-0.4, -0.2) is 36.6 Å². The summed E-state index contributed by atoms with van der Waals surface area (Å²) < 4.78 is 30.3.